The maximum Gasteiger partial charge on any atom is 0.371 e. The Morgan fingerprint density at radius 1 is 1.26 bits per heavy atom. The maximum atomic E-state index is 10.9. The Kier molecular flexibility index (Phi) is 4.37. The first kappa shape index (κ1) is 15.6. The summed E-state index contributed by atoms with van der Waals surface area (Å²) in [5, 5.41) is 13.9. The topological polar surface area (TPSA) is 62.5 Å². The molecule has 0 aliphatic heterocycles. The number of hydrogen-bond donors (Lipinski definition) is 2. The SMILES string of the molecule is C[C@H](NCc1ccc2oc(C(=O)O)cc2c1)c1ccccc1Cl. The lowest BCUT2D eigenvalue weighted by Crippen LogP contribution is -2.18. The Morgan fingerprint density at radius 2 is 2.04 bits per heavy atom. The molecule has 2 aromatic carbocycles. The molecule has 2 N–H and O–H groups in total. The molecule has 0 unspecified atom stereocenters. The molecule has 5 heteroatoms. The van der Waals surface area contributed by atoms with E-state index in [4.69, 9.17) is 21.1 Å². The fourth-order valence-corrected chi connectivity index (χ4v) is 2.81. The minimum absolute atomic E-state index is 0.0467. The van der Waals surface area contributed by atoms with Crippen LogP contribution in [0.25, 0.3) is 11.0 Å². The van der Waals surface area contributed by atoms with Gasteiger partial charge in [0.15, 0.2) is 0 Å². The summed E-state index contributed by atoms with van der Waals surface area (Å²) in [6.45, 7) is 2.70. The molecule has 0 aliphatic rings. The molecule has 23 heavy (non-hydrogen) atoms. The molecular weight excluding hydrogens is 314 g/mol. The molecule has 3 aromatic rings. The van der Waals surface area contributed by atoms with Crippen molar-refractivity contribution in [2.24, 2.45) is 0 Å². The van der Waals surface area contributed by atoms with E-state index in [9.17, 15) is 4.79 Å². The van der Waals surface area contributed by atoms with E-state index in [1.54, 1.807) is 12.1 Å². The van der Waals surface area contributed by atoms with Crippen LogP contribution in [0.5, 0.6) is 0 Å². The summed E-state index contributed by atoms with van der Waals surface area (Å²) in [7, 11) is 0. The smallest absolute Gasteiger partial charge is 0.371 e. The van der Waals surface area contributed by atoms with Crippen molar-refractivity contribution < 1.29 is 14.3 Å². The van der Waals surface area contributed by atoms with E-state index in [1.807, 2.05) is 36.4 Å². The van der Waals surface area contributed by atoms with E-state index in [1.165, 1.54) is 0 Å². The number of fused-ring (bicyclic) bond motifs is 1. The highest BCUT2D eigenvalue weighted by Crippen LogP contribution is 2.24. The number of furan rings is 1. The minimum atomic E-state index is -1.06. The summed E-state index contributed by atoms with van der Waals surface area (Å²) in [5.41, 5.74) is 2.67. The van der Waals surface area contributed by atoms with Gasteiger partial charge in [-0.2, -0.15) is 0 Å². The number of halogens is 1. The fourth-order valence-electron chi connectivity index (χ4n) is 2.52. The zero-order valence-electron chi connectivity index (χ0n) is 12.5. The van der Waals surface area contributed by atoms with Gasteiger partial charge in [-0.1, -0.05) is 35.9 Å². The Balaban J connectivity index is 1.74. The first-order chi connectivity index (χ1) is 11.0. The molecule has 0 amide bonds. The second-order valence-electron chi connectivity index (χ2n) is 5.41. The lowest BCUT2D eigenvalue weighted by Gasteiger charge is -2.15. The van der Waals surface area contributed by atoms with Crippen molar-refractivity contribution in [1.82, 2.24) is 5.32 Å². The predicted molar refractivity (Wildman–Crippen MR) is 89.9 cm³/mol. The molecular formula is C18H16ClNO3. The normalized spacial score (nSPS) is 12.4. The van der Waals surface area contributed by atoms with Crippen LogP contribution in [-0.4, -0.2) is 11.1 Å². The zero-order chi connectivity index (χ0) is 16.4. The number of nitrogens with one attached hydrogen (secondary N) is 1. The molecule has 0 spiro atoms. The molecule has 0 radical (unpaired) electrons. The third-order valence-corrected chi connectivity index (χ3v) is 4.12. The first-order valence-electron chi connectivity index (χ1n) is 7.28. The van der Waals surface area contributed by atoms with Gasteiger partial charge in [-0.05, 0) is 42.3 Å². The molecule has 118 valence electrons. The van der Waals surface area contributed by atoms with Crippen LogP contribution in [-0.2, 0) is 6.54 Å². The summed E-state index contributed by atoms with van der Waals surface area (Å²) >= 11 is 6.20. The average Bonchev–Trinajstić information content (AvgIpc) is 2.96. The fraction of sp³-hybridized carbons (Fsp3) is 0.167. The Bertz CT molecular complexity index is 856. The summed E-state index contributed by atoms with van der Waals surface area (Å²) in [6, 6.07) is 15.0. The second kappa shape index (κ2) is 6.44. The van der Waals surface area contributed by atoms with Crippen molar-refractivity contribution in [2.45, 2.75) is 19.5 Å². The van der Waals surface area contributed by atoms with Crippen molar-refractivity contribution in [2.75, 3.05) is 0 Å². The van der Waals surface area contributed by atoms with Crippen LogP contribution < -0.4 is 5.32 Å². The van der Waals surface area contributed by atoms with Gasteiger partial charge in [0, 0.05) is 23.0 Å². The van der Waals surface area contributed by atoms with E-state index < -0.39 is 5.97 Å². The van der Waals surface area contributed by atoms with Crippen LogP contribution in [0.1, 0.15) is 34.6 Å². The highest BCUT2D eigenvalue weighted by Gasteiger charge is 2.12. The Hall–Kier alpha value is -2.30. The van der Waals surface area contributed by atoms with Gasteiger partial charge < -0.3 is 14.8 Å². The monoisotopic (exact) mass is 329 g/mol. The van der Waals surface area contributed by atoms with Gasteiger partial charge >= 0.3 is 5.97 Å². The third kappa shape index (κ3) is 3.38. The van der Waals surface area contributed by atoms with Gasteiger partial charge in [0.05, 0.1) is 0 Å². The maximum absolute atomic E-state index is 10.9. The Labute approximate surface area is 138 Å². The quantitative estimate of drug-likeness (QED) is 0.716. The molecule has 0 saturated heterocycles. The van der Waals surface area contributed by atoms with Crippen LogP contribution in [0.2, 0.25) is 5.02 Å². The summed E-state index contributed by atoms with van der Waals surface area (Å²) < 4.78 is 5.26. The highest BCUT2D eigenvalue weighted by atomic mass is 35.5. The van der Waals surface area contributed by atoms with Crippen LogP contribution >= 0.6 is 11.6 Å². The summed E-state index contributed by atoms with van der Waals surface area (Å²) in [4.78, 5) is 10.9. The number of rotatable bonds is 5. The molecule has 0 saturated carbocycles. The molecule has 1 aromatic heterocycles. The van der Waals surface area contributed by atoms with E-state index in [0.717, 1.165) is 21.5 Å². The van der Waals surface area contributed by atoms with Gasteiger partial charge in [-0.3, -0.25) is 0 Å². The van der Waals surface area contributed by atoms with Crippen LogP contribution in [0.3, 0.4) is 0 Å². The van der Waals surface area contributed by atoms with Crippen molar-refractivity contribution in [3.63, 3.8) is 0 Å². The second-order valence-corrected chi connectivity index (χ2v) is 5.82. The first-order valence-corrected chi connectivity index (χ1v) is 7.66. The third-order valence-electron chi connectivity index (χ3n) is 3.78. The van der Waals surface area contributed by atoms with Gasteiger partial charge in [-0.25, -0.2) is 4.79 Å². The number of hydrogen-bond acceptors (Lipinski definition) is 3. The molecule has 4 nitrogen and oxygen atoms in total. The van der Waals surface area contributed by atoms with E-state index in [0.29, 0.717) is 12.1 Å². The van der Waals surface area contributed by atoms with Crippen molar-refractivity contribution in [3.05, 3.63) is 70.4 Å². The Morgan fingerprint density at radius 3 is 2.78 bits per heavy atom. The lowest BCUT2D eigenvalue weighted by atomic mass is 10.1. The predicted octanol–water partition coefficient (Wildman–Crippen LogP) is 4.64. The number of carboxylic acids is 1. The van der Waals surface area contributed by atoms with Crippen LogP contribution in [0.15, 0.2) is 52.9 Å². The standard InChI is InChI=1S/C18H16ClNO3/c1-11(14-4-2-3-5-15(14)19)20-10-12-6-7-16-13(8-12)9-17(23-16)18(21)22/h2-9,11,20H,10H2,1H3,(H,21,22)/t11-/m0/s1. The van der Waals surface area contributed by atoms with Gasteiger partial charge in [0.2, 0.25) is 5.76 Å². The van der Waals surface area contributed by atoms with Gasteiger partial charge in [0.1, 0.15) is 5.58 Å². The van der Waals surface area contributed by atoms with Crippen molar-refractivity contribution in [1.29, 1.82) is 0 Å². The average molecular weight is 330 g/mol. The number of carboxylic acid groups (broad SMARTS) is 1. The summed E-state index contributed by atoms with van der Waals surface area (Å²) in [6.07, 6.45) is 0. The van der Waals surface area contributed by atoms with E-state index in [2.05, 4.69) is 12.2 Å². The zero-order valence-corrected chi connectivity index (χ0v) is 13.3. The van der Waals surface area contributed by atoms with Crippen LogP contribution in [0, 0.1) is 0 Å². The largest absolute Gasteiger partial charge is 0.475 e. The van der Waals surface area contributed by atoms with Gasteiger partial charge in [0.25, 0.3) is 0 Å². The molecule has 3 rings (SSSR count). The molecule has 0 aliphatic carbocycles. The lowest BCUT2D eigenvalue weighted by molar-refractivity contribution is 0.0665. The molecule has 1 heterocycles. The van der Waals surface area contributed by atoms with Crippen LogP contribution in [0.4, 0.5) is 0 Å². The molecule has 0 fully saturated rings. The van der Waals surface area contributed by atoms with Crippen molar-refractivity contribution >= 4 is 28.5 Å². The van der Waals surface area contributed by atoms with Crippen molar-refractivity contribution in [3.8, 4) is 0 Å². The van der Waals surface area contributed by atoms with E-state index in [-0.39, 0.29) is 11.8 Å². The number of benzene rings is 2. The highest BCUT2D eigenvalue weighted by molar-refractivity contribution is 6.31. The number of carbonyl (C=O) groups is 1. The number of aromatic carboxylic acids is 1. The van der Waals surface area contributed by atoms with Gasteiger partial charge in [-0.15, -0.1) is 0 Å². The molecule has 0 bridgehead atoms. The minimum Gasteiger partial charge on any atom is -0.475 e. The summed E-state index contributed by atoms with van der Waals surface area (Å²) in [5.74, 6) is -1.11. The molecule has 1 atom stereocenters. The van der Waals surface area contributed by atoms with E-state index >= 15 is 0 Å².